The van der Waals surface area contributed by atoms with Gasteiger partial charge in [-0.05, 0) is 50.1 Å². The lowest BCUT2D eigenvalue weighted by molar-refractivity contribution is 0.0936. The highest BCUT2D eigenvalue weighted by atomic mass is 32.2. The zero-order valence-corrected chi connectivity index (χ0v) is 17.4. The van der Waals surface area contributed by atoms with Crippen LogP contribution in [0.15, 0.2) is 47.4 Å². The SMILES string of the molecule is COc1ccc(OC)c([C@H](C)NC(=O)c2ccccc2SC[C@@H]2CCCO2)c1. The van der Waals surface area contributed by atoms with Crippen molar-refractivity contribution in [2.45, 2.75) is 36.8 Å². The quantitative estimate of drug-likeness (QED) is 0.662. The fourth-order valence-electron chi connectivity index (χ4n) is 3.27. The Bertz CT molecular complexity index is 805. The minimum Gasteiger partial charge on any atom is -0.497 e. The van der Waals surface area contributed by atoms with Gasteiger partial charge in [0.1, 0.15) is 11.5 Å². The van der Waals surface area contributed by atoms with E-state index in [4.69, 9.17) is 14.2 Å². The van der Waals surface area contributed by atoms with Gasteiger partial charge in [-0.2, -0.15) is 0 Å². The fourth-order valence-corrected chi connectivity index (χ4v) is 4.39. The summed E-state index contributed by atoms with van der Waals surface area (Å²) in [4.78, 5) is 13.9. The molecular weight excluding hydrogens is 374 g/mol. The molecule has 0 spiro atoms. The Morgan fingerprint density at radius 3 is 2.79 bits per heavy atom. The number of thioether (sulfide) groups is 1. The summed E-state index contributed by atoms with van der Waals surface area (Å²) < 4.78 is 16.5. The van der Waals surface area contributed by atoms with Crippen LogP contribution in [0.25, 0.3) is 0 Å². The predicted octanol–water partition coefficient (Wildman–Crippen LogP) is 4.47. The van der Waals surface area contributed by atoms with Gasteiger partial charge in [0, 0.05) is 22.8 Å². The van der Waals surface area contributed by atoms with Crippen LogP contribution in [0.2, 0.25) is 0 Å². The van der Waals surface area contributed by atoms with Gasteiger partial charge in [0.25, 0.3) is 5.91 Å². The molecule has 0 aliphatic carbocycles. The van der Waals surface area contributed by atoms with Crippen LogP contribution < -0.4 is 14.8 Å². The van der Waals surface area contributed by atoms with Crippen LogP contribution in [0.3, 0.4) is 0 Å². The number of hydrogen-bond donors (Lipinski definition) is 1. The summed E-state index contributed by atoms with van der Waals surface area (Å²) in [5.74, 6) is 2.20. The molecule has 2 aromatic carbocycles. The molecule has 2 atom stereocenters. The van der Waals surface area contributed by atoms with Gasteiger partial charge in [0.05, 0.1) is 31.9 Å². The molecule has 1 amide bonds. The molecule has 1 N–H and O–H groups in total. The molecule has 0 unspecified atom stereocenters. The maximum Gasteiger partial charge on any atom is 0.252 e. The molecule has 6 heteroatoms. The van der Waals surface area contributed by atoms with Crippen LogP contribution in [0.5, 0.6) is 11.5 Å². The summed E-state index contributed by atoms with van der Waals surface area (Å²) in [6, 6.07) is 13.1. The number of amides is 1. The van der Waals surface area contributed by atoms with Crippen LogP contribution in [-0.4, -0.2) is 38.6 Å². The highest BCUT2D eigenvalue weighted by Crippen LogP contribution is 2.31. The van der Waals surface area contributed by atoms with E-state index in [2.05, 4.69) is 5.32 Å². The van der Waals surface area contributed by atoms with E-state index in [1.807, 2.05) is 49.4 Å². The van der Waals surface area contributed by atoms with Crippen molar-refractivity contribution in [3.8, 4) is 11.5 Å². The van der Waals surface area contributed by atoms with Gasteiger partial charge in [-0.1, -0.05) is 12.1 Å². The van der Waals surface area contributed by atoms with Crippen LogP contribution in [-0.2, 0) is 4.74 Å². The minimum absolute atomic E-state index is 0.104. The van der Waals surface area contributed by atoms with E-state index in [1.165, 1.54) is 0 Å². The second-order valence-corrected chi connectivity index (χ2v) is 7.81. The van der Waals surface area contributed by atoms with Crippen molar-refractivity contribution >= 4 is 17.7 Å². The highest BCUT2D eigenvalue weighted by molar-refractivity contribution is 7.99. The molecule has 1 fully saturated rings. The summed E-state index contributed by atoms with van der Waals surface area (Å²) in [7, 11) is 3.24. The molecule has 0 radical (unpaired) electrons. The zero-order chi connectivity index (χ0) is 19.9. The van der Waals surface area contributed by atoms with Crippen LogP contribution >= 0.6 is 11.8 Å². The monoisotopic (exact) mass is 401 g/mol. The van der Waals surface area contributed by atoms with Crippen LogP contribution in [0.4, 0.5) is 0 Å². The van der Waals surface area contributed by atoms with E-state index in [0.29, 0.717) is 5.56 Å². The summed E-state index contributed by atoms with van der Waals surface area (Å²) in [6.07, 6.45) is 2.49. The van der Waals surface area contributed by atoms with Crippen molar-refractivity contribution in [3.05, 3.63) is 53.6 Å². The van der Waals surface area contributed by atoms with E-state index >= 15 is 0 Å². The lowest BCUT2D eigenvalue weighted by atomic mass is 10.1. The lowest BCUT2D eigenvalue weighted by Gasteiger charge is -2.19. The summed E-state index contributed by atoms with van der Waals surface area (Å²) in [5.41, 5.74) is 1.55. The number of methoxy groups -OCH3 is 2. The third-order valence-corrected chi connectivity index (χ3v) is 6.04. The fraction of sp³-hybridized carbons (Fsp3) is 0.409. The average molecular weight is 402 g/mol. The van der Waals surface area contributed by atoms with Crippen LogP contribution in [0.1, 0.15) is 41.7 Å². The summed E-state index contributed by atoms with van der Waals surface area (Å²) in [6.45, 7) is 2.78. The standard InChI is InChI=1S/C22H27NO4S/c1-15(19-13-16(25-2)10-11-20(19)26-3)23-22(24)18-8-4-5-9-21(18)28-14-17-7-6-12-27-17/h4-5,8-11,13,15,17H,6-7,12,14H2,1-3H3,(H,23,24)/t15-,17-/m0/s1. The van der Waals surface area contributed by atoms with Gasteiger partial charge in [-0.15, -0.1) is 11.8 Å². The molecule has 0 saturated carbocycles. The molecule has 1 aliphatic heterocycles. The maximum atomic E-state index is 13.0. The normalized spacial score (nSPS) is 17.2. The Labute approximate surface area is 170 Å². The number of carbonyl (C=O) groups excluding carboxylic acids is 1. The summed E-state index contributed by atoms with van der Waals surface area (Å²) >= 11 is 1.68. The first-order valence-electron chi connectivity index (χ1n) is 9.48. The van der Waals surface area contributed by atoms with Crippen molar-refractivity contribution in [1.82, 2.24) is 5.32 Å². The predicted molar refractivity (Wildman–Crippen MR) is 112 cm³/mol. The highest BCUT2D eigenvalue weighted by Gasteiger charge is 2.20. The molecule has 3 rings (SSSR count). The lowest BCUT2D eigenvalue weighted by Crippen LogP contribution is -2.27. The second kappa shape index (κ2) is 9.85. The number of ether oxygens (including phenoxy) is 3. The first kappa shape index (κ1) is 20.6. The van der Waals surface area contributed by atoms with Gasteiger partial charge in [-0.3, -0.25) is 4.79 Å². The van der Waals surface area contributed by atoms with E-state index in [9.17, 15) is 4.79 Å². The van der Waals surface area contributed by atoms with Crippen molar-refractivity contribution in [2.75, 3.05) is 26.6 Å². The molecule has 150 valence electrons. The van der Waals surface area contributed by atoms with E-state index < -0.39 is 0 Å². The summed E-state index contributed by atoms with van der Waals surface area (Å²) in [5, 5.41) is 3.09. The van der Waals surface area contributed by atoms with Crippen molar-refractivity contribution < 1.29 is 19.0 Å². The molecule has 2 aromatic rings. The molecule has 1 saturated heterocycles. The molecule has 1 aliphatic rings. The van der Waals surface area contributed by atoms with Crippen LogP contribution in [0, 0.1) is 0 Å². The number of nitrogens with one attached hydrogen (secondary N) is 1. The first-order chi connectivity index (χ1) is 13.6. The third-order valence-electron chi connectivity index (χ3n) is 4.83. The second-order valence-electron chi connectivity index (χ2n) is 6.75. The van der Waals surface area contributed by atoms with Crippen molar-refractivity contribution in [1.29, 1.82) is 0 Å². The van der Waals surface area contributed by atoms with E-state index in [0.717, 1.165) is 47.2 Å². The molecule has 28 heavy (non-hydrogen) atoms. The average Bonchev–Trinajstić information content (AvgIpc) is 3.25. The number of benzene rings is 2. The zero-order valence-electron chi connectivity index (χ0n) is 16.6. The largest absolute Gasteiger partial charge is 0.497 e. The van der Waals surface area contributed by atoms with Crippen molar-refractivity contribution in [2.24, 2.45) is 0 Å². The molecular formula is C22H27NO4S. The molecule has 5 nitrogen and oxygen atoms in total. The third kappa shape index (κ3) is 5.00. The van der Waals surface area contributed by atoms with Gasteiger partial charge in [0.2, 0.25) is 0 Å². The Morgan fingerprint density at radius 1 is 1.25 bits per heavy atom. The Morgan fingerprint density at radius 2 is 2.07 bits per heavy atom. The molecule has 1 heterocycles. The van der Waals surface area contributed by atoms with Crippen molar-refractivity contribution in [3.63, 3.8) is 0 Å². The van der Waals surface area contributed by atoms with Gasteiger partial charge < -0.3 is 19.5 Å². The number of rotatable bonds is 8. The van der Waals surface area contributed by atoms with Gasteiger partial charge >= 0.3 is 0 Å². The first-order valence-corrected chi connectivity index (χ1v) is 10.5. The minimum atomic E-state index is -0.228. The number of carbonyl (C=O) groups is 1. The smallest absolute Gasteiger partial charge is 0.252 e. The molecule has 0 aromatic heterocycles. The maximum absolute atomic E-state index is 13.0. The van der Waals surface area contributed by atoms with E-state index in [-0.39, 0.29) is 18.1 Å². The Kier molecular flexibility index (Phi) is 7.23. The molecule has 0 bridgehead atoms. The van der Waals surface area contributed by atoms with Gasteiger partial charge in [0.15, 0.2) is 0 Å². The van der Waals surface area contributed by atoms with E-state index in [1.54, 1.807) is 26.0 Å². The topological polar surface area (TPSA) is 56.8 Å². The Hall–Kier alpha value is -2.18. The van der Waals surface area contributed by atoms with Gasteiger partial charge in [-0.25, -0.2) is 0 Å². The number of hydrogen-bond acceptors (Lipinski definition) is 5. The Balaban J connectivity index is 1.72.